The van der Waals surface area contributed by atoms with E-state index in [1.807, 2.05) is 6.07 Å². The molecule has 0 radical (unpaired) electrons. The van der Waals surface area contributed by atoms with Crippen molar-refractivity contribution in [3.8, 4) is 17.0 Å². The van der Waals surface area contributed by atoms with Crippen LogP contribution in [0.15, 0.2) is 36.7 Å². The zero-order valence-electron chi connectivity index (χ0n) is 8.09. The van der Waals surface area contributed by atoms with Crippen LogP contribution in [-0.2, 0) is 6.54 Å². The molecule has 0 fully saturated rings. The van der Waals surface area contributed by atoms with Gasteiger partial charge < -0.3 is 10.8 Å². The van der Waals surface area contributed by atoms with Crippen molar-refractivity contribution in [2.75, 3.05) is 0 Å². The smallest absolute Gasteiger partial charge is 0.125 e. The molecule has 0 saturated heterocycles. The topological polar surface area (TPSA) is 72.0 Å². The van der Waals surface area contributed by atoms with Gasteiger partial charge in [0, 0.05) is 18.3 Å². The van der Waals surface area contributed by atoms with Crippen LogP contribution in [0.2, 0.25) is 0 Å². The first kappa shape index (κ1) is 9.61. The SMILES string of the molecule is NCc1cncc(-c2ccccc2O)n1. The van der Waals surface area contributed by atoms with Gasteiger partial charge in [-0.2, -0.15) is 0 Å². The first-order chi connectivity index (χ1) is 7.31. The lowest BCUT2D eigenvalue weighted by Crippen LogP contribution is -2.01. The number of aromatic nitrogens is 2. The van der Waals surface area contributed by atoms with E-state index in [9.17, 15) is 5.11 Å². The molecule has 0 bridgehead atoms. The van der Waals surface area contributed by atoms with Crippen LogP contribution < -0.4 is 5.73 Å². The molecule has 76 valence electrons. The summed E-state index contributed by atoms with van der Waals surface area (Å²) in [4.78, 5) is 8.29. The van der Waals surface area contributed by atoms with Gasteiger partial charge >= 0.3 is 0 Å². The van der Waals surface area contributed by atoms with E-state index >= 15 is 0 Å². The lowest BCUT2D eigenvalue weighted by Gasteiger charge is -2.04. The summed E-state index contributed by atoms with van der Waals surface area (Å²) < 4.78 is 0. The Labute approximate surface area is 87.4 Å². The van der Waals surface area contributed by atoms with Crippen LogP contribution in [0.1, 0.15) is 5.69 Å². The Morgan fingerprint density at radius 3 is 2.73 bits per heavy atom. The van der Waals surface area contributed by atoms with Gasteiger partial charge in [0.2, 0.25) is 0 Å². The summed E-state index contributed by atoms with van der Waals surface area (Å²) in [6, 6.07) is 7.01. The third kappa shape index (κ3) is 1.94. The molecular weight excluding hydrogens is 190 g/mol. The van der Waals surface area contributed by atoms with Crippen LogP contribution in [0.3, 0.4) is 0 Å². The predicted molar refractivity (Wildman–Crippen MR) is 57.0 cm³/mol. The van der Waals surface area contributed by atoms with E-state index in [4.69, 9.17) is 5.73 Å². The largest absolute Gasteiger partial charge is 0.507 e. The van der Waals surface area contributed by atoms with Crippen molar-refractivity contribution in [1.29, 1.82) is 0 Å². The Bertz CT molecular complexity index is 471. The maximum Gasteiger partial charge on any atom is 0.125 e. The summed E-state index contributed by atoms with van der Waals surface area (Å²) in [7, 11) is 0. The Morgan fingerprint density at radius 1 is 1.20 bits per heavy atom. The second-order valence-corrected chi connectivity index (χ2v) is 3.12. The highest BCUT2D eigenvalue weighted by Crippen LogP contribution is 2.26. The summed E-state index contributed by atoms with van der Waals surface area (Å²) in [6.45, 7) is 0.342. The van der Waals surface area contributed by atoms with E-state index in [0.717, 1.165) is 0 Å². The fourth-order valence-corrected chi connectivity index (χ4v) is 1.32. The normalized spacial score (nSPS) is 10.2. The molecule has 1 aromatic carbocycles. The molecule has 1 heterocycles. The number of nitrogens with two attached hydrogens (primary N) is 1. The average Bonchev–Trinajstić information content (AvgIpc) is 2.30. The van der Waals surface area contributed by atoms with E-state index in [2.05, 4.69) is 9.97 Å². The summed E-state index contributed by atoms with van der Waals surface area (Å²) >= 11 is 0. The number of phenols is 1. The minimum Gasteiger partial charge on any atom is -0.507 e. The standard InChI is InChI=1S/C11H11N3O/c12-5-8-6-13-7-10(14-8)9-3-1-2-4-11(9)15/h1-4,6-7,15H,5,12H2. The van der Waals surface area contributed by atoms with Crippen molar-refractivity contribution in [2.24, 2.45) is 5.73 Å². The first-order valence-corrected chi connectivity index (χ1v) is 4.60. The van der Waals surface area contributed by atoms with Crippen molar-refractivity contribution in [3.05, 3.63) is 42.4 Å². The Balaban J connectivity index is 2.49. The minimum atomic E-state index is 0.195. The third-order valence-electron chi connectivity index (χ3n) is 2.07. The highest BCUT2D eigenvalue weighted by Gasteiger charge is 2.05. The van der Waals surface area contributed by atoms with Crippen LogP contribution in [0, 0.1) is 0 Å². The minimum absolute atomic E-state index is 0.195. The second-order valence-electron chi connectivity index (χ2n) is 3.12. The molecule has 0 saturated carbocycles. The van der Waals surface area contributed by atoms with Gasteiger partial charge in [-0.05, 0) is 12.1 Å². The van der Waals surface area contributed by atoms with Gasteiger partial charge in [-0.1, -0.05) is 12.1 Å². The number of nitrogens with zero attached hydrogens (tertiary/aromatic N) is 2. The predicted octanol–water partition coefficient (Wildman–Crippen LogP) is 1.31. The highest BCUT2D eigenvalue weighted by molar-refractivity contribution is 5.65. The number of para-hydroxylation sites is 1. The number of aromatic hydroxyl groups is 1. The summed E-state index contributed by atoms with van der Waals surface area (Å²) in [5, 5.41) is 9.63. The zero-order chi connectivity index (χ0) is 10.7. The molecule has 0 aliphatic rings. The van der Waals surface area contributed by atoms with Crippen molar-refractivity contribution < 1.29 is 5.11 Å². The average molecular weight is 201 g/mol. The molecule has 15 heavy (non-hydrogen) atoms. The molecule has 4 heteroatoms. The highest BCUT2D eigenvalue weighted by atomic mass is 16.3. The van der Waals surface area contributed by atoms with Crippen LogP contribution in [0.25, 0.3) is 11.3 Å². The van der Waals surface area contributed by atoms with E-state index in [1.54, 1.807) is 30.6 Å². The molecule has 0 amide bonds. The van der Waals surface area contributed by atoms with E-state index in [0.29, 0.717) is 23.5 Å². The molecule has 4 nitrogen and oxygen atoms in total. The molecular formula is C11H11N3O. The molecule has 1 aromatic heterocycles. The molecule has 0 atom stereocenters. The van der Waals surface area contributed by atoms with Gasteiger partial charge in [0.05, 0.1) is 17.6 Å². The monoisotopic (exact) mass is 201 g/mol. The number of phenolic OH excluding ortho intramolecular Hbond substituents is 1. The Kier molecular flexibility index (Phi) is 2.60. The number of rotatable bonds is 2. The van der Waals surface area contributed by atoms with E-state index in [1.165, 1.54) is 0 Å². The summed E-state index contributed by atoms with van der Waals surface area (Å²) in [5.41, 5.74) is 7.48. The van der Waals surface area contributed by atoms with Gasteiger partial charge in [0.25, 0.3) is 0 Å². The van der Waals surface area contributed by atoms with Crippen LogP contribution in [-0.4, -0.2) is 15.1 Å². The zero-order valence-corrected chi connectivity index (χ0v) is 8.09. The Hall–Kier alpha value is -1.94. The van der Waals surface area contributed by atoms with E-state index < -0.39 is 0 Å². The van der Waals surface area contributed by atoms with Gasteiger partial charge in [-0.15, -0.1) is 0 Å². The van der Waals surface area contributed by atoms with Crippen molar-refractivity contribution in [2.45, 2.75) is 6.54 Å². The number of hydrogen-bond acceptors (Lipinski definition) is 4. The van der Waals surface area contributed by atoms with Gasteiger partial charge in [-0.25, -0.2) is 4.98 Å². The van der Waals surface area contributed by atoms with Crippen molar-refractivity contribution >= 4 is 0 Å². The lowest BCUT2D eigenvalue weighted by molar-refractivity contribution is 0.477. The molecule has 0 unspecified atom stereocenters. The van der Waals surface area contributed by atoms with Crippen molar-refractivity contribution in [3.63, 3.8) is 0 Å². The molecule has 2 rings (SSSR count). The Morgan fingerprint density at radius 2 is 2.00 bits per heavy atom. The maximum absolute atomic E-state index is 9.63. The van der Waals surface area contributed by atoms with Crippen LogP contribution >= 0.6 is 0 Å². The fraction of sp³-hybridized carbons (Fsp3) is 0.0909. The third-order valence-corrected chi connectivity index (χ3v) is 2.07. The van der Waals surface area contributed by atoms with Crippen molar-refractivity contribution in [1.82, 2.24) is 9.97 Å². The number of hydrogen-bond donors (Lipinski definition) is 2. The van der Waals surface area contributed by atoms with Gasteiger partial charge in [0.1, 0.15) is 5.75 Å². The molecule has 0 spiro atoms. The van der Waals surface area contributed by atoms with Gasteiger partial charge in [-0.3, -0.25) is 4.98 Å². The number of benzene rings is 1. The molecule has 0 aliphatic heterocycles. The second kappa shape index (κ2) is 4.06. The molecule has 0 aliphatic carbocycles. The summed E-state index contributed by atoms with van der Waals surface area (Å²) in [5.74, 6) is 0.195. The van der Waals surface area contributed by atoms with Crippen LogP contribution in [0.4, 0.5) is 0 Å². The fourth-order valence-electron chi connectivity index (χ4n) is 1.32. The summed E-state index contributed by atoms with van der Waals surface area (Å²) in [6.07, 6.45) is 3.22. The first-order valence-electron chi connectivity index (χ1n) is 4.60. The van der Waals surface area contributed by atoms with Crippen LogP contribution in [0.5, 0.6) is 5.75 Å². The molecule has 2 aromatic rings. The molecule has 3 N–H and O–H groups in total. The lowest BCUT2D eigenvalue weighted by atomic mass is 10.1. The maximum atomic E-state index is 9.63. The van der Waals surface area contributed by atoms with E-state index in [-0.39, 0.29) is 5.75 Å². The van der Waals surface area contributed by atoms with Gasteiger partial charge in [0.15, 0.2) is 0 Å². The quantitative estimate of drug-likeness (QED) is 0.768.